The first-order valence-electron chi connectivity index (χ1n) is 10.0. The van der Waals surface area contributed by atoms with Gasteiger partial charge in [0, 0.05) is 37.8 Å². The van der Waals surface area contributed by atoms with Crippen LogP contribution in [-0.4, -0.2) is 62.3 Å². The van der Waals surface area contributed by atoms with Crippen molar-refractivity contribution in [2.75, 3.05) is 32.7 Å². The highest BCUT2D eigenvalue weighted by Gasteiger charge is 2.21. The fraction of sp³-hybridized carbons (Fsp3) is 0.650. The van der Waals surface area contributed by atoms with Gasteiger partial charge in [-0.05, 0) is 57.0 Å². The molecule has 2 rings (SSSR count). The topological polar surface area (TPSA) is 69.7 Å². The summed E-state index contributed by atoms with van der Waals surface area (Å²) in [4.78, 5) is 15.0. The summed E-state index contributed by atoms with van der Waals surface area (Å²) in [6.45, 7) is 9.53. The van der Waals surface area contributed by atoms with Crippen molar-refractivity contribution in [3.05, 3.63) is 29.8 Å². The van der Waals surface area contributed by atoms with E-state index in [-0.39, 0.29) is 10.8 Å². The van der Waals surface area contributed by atoms with Gasteiger partial charge in [-0.25, -0.2) is 8.42 Å². The van der Waals surface area contributed by atoms with Crippen molar-refractivity contribution >= 4 is 15.9 Å². The third kappa shape index (κ3) is 5.77. The second kappa shape index (κ2) is 10.2. The molecule has 0 spiro atoms. The Morgan fingerprint density at radius 1 is 1.19 bits per heavy atom. The maximum Gasteiger partial charge on any atom is 0.251 e. The number of amides is 1. The number of likely N-dealkylation sites (tertiary alicyclic amines) is 1. The first-order valence-corrected chi connectivity index (χ1v) is 11.5. The number of carbonyl (C=O) groups is 1. The highest BCUT2D eigenvalue weighted by molar-refractivity contribution is 7.89. The van der Waals surface area contributed by atoms with Gasteiger partial charge < -0.3 is 10.2 Å². The number of piperidine rings is 1. The smallest absolute Gasteiger partial charge is 0.251 e. The first kappa shape index (κ1) is 21.9. The fourth-order valence-electron chi connectivity index (χ4n) is 3.57. The fourth-order valence-corrected chi connectivity index (χ4v) is 5.02. The van der Waals surface area contributed by atoms with Gasteiger partial charge in [0.2, 0.25) is 10.0 Å². The molecule has 1 amide bonds. The summed E-state index contributed by atoms with van der Waals surface area (Å²) in [6, 6.07) is 6.82. The molecular formula is C20H33N3O3S. The Balaban J connectivity index is 1.84. The van der Waals surface area contributed by atoms with Crippen LogP contribution < -0.4 is 5.32 Å². The Morgan fingerprint density at radius 2 is 1.85 bits per heavy atom. The van der Waals surface area contributed by atoms with Crippen LogP contribution in [-0.2, 0) is 10.0 Å². The molecule has 1 aromatic carbocycles. The van der Waals surface area contributed by atoms with Crippen LogP contribution in [0.15, 0.2) is 29.2 Å². The van der Waals surface area contributed by atoms with Crippen molar-refractivity contribution < 1.29 is 13.2 Å². The molecule has 152 valence electrons. The van der Waals surface area contributed by atoms with Crippen molar-refractivity contribution in [2.45, 2.75) is 57.4 Å². The zero-order valence-corrected chi connectivity index (χ0v) is 17.6. The second-order valence-electron chi connectivity index (χ2n) is 7.10. The Bertz CT molecular complexity index is 700. The maximum absolute atomic E-state index is 12.5. The molecule has 0 radical (unpaired) electrons. The molecular weight excluding hydrogens is 362 g/mol. The number of benzene rings is 1. The average Bonchev–Trinajstić information content (AvgIpc) is 2.67. The van der Waals surface area contributed by atoms with Crippen LogP contribution in [0.5, 0.6) is 0 Å². The van der Waals surface area contributed by atoms with Gasteiger partial charge in [0.05, 0.1) is 4.90 Å². The van der Waals surface area contributed by atoms with Crippen molar-refractivity contribution in [1.82, 2.24) is 14.5 Å². The van der Waals surface area contributed by atoms with E-state index < -0.39 is 10.0 Å². The standard InChI is InChI=1S/C20H33N3O3S/c1-4-23(5-2)27(25,26)19-12-10-18(11-13-19)20(24)21-14-8-16-22-15-7-6-9-17(22)3/h10-13,17H,4-9,14-16H2,1-3H3,(H,21,24). The molecule has 1 atom stereocenters. The summed E-state index contributed by atoms with van der Waals surface area (Å²) >= 11 is 0. The molecule has 0 saturated carbocycles. The molecule has 0 bridgehead atoms. The number of rotatable bonds is 9. The SMILES string of the molecule is CCN(CC)S(=O)(=O)c1ccc(C(=O)NCCCN2CCCCC2C)cc1. The Hall–Kier alpha value is -1.44. The lowest BCUT2D eigenvalue weighted by Gasteiger charge is -2.33. The molecule has 0 aromatic heterocycles. The summed E-state index contributed by atoms with van der Waals surface area (Å²) in [5.74, 6) is -0.159. The van der Waals surface area contributed by atoms with E-state index in [1.54, 1.807) is 12.1 Å². The third-order valence-corrected chi connectivity index (χ3v) is 7.37. The Kier molecular flexibility index (Phi) is 8.26. The number of nitrogens with zero attached hydrogens (tertiary/aromatic N) is 2. The van der Waals surface area contributed by atoms with Gasteiger partial charge in [-0.15, -0.1) is 0 Å². The third-order valence-electron chi connectivity index (χ3n) is 5.31. The lowest BCUT2D eigenvalue weighted by atomic mass is 10.0. The number of carbonyl (C=O) groups excluding carboxylic acids is 1. The van der Waals surface area contributed by atoms with Gasteiger partial charge in [0.25, 0.3) is 5.91 Å². The van der Waals surface area contributed by atoms with E-state index in [9.17, 15) is 13.2 Å². The lowest BCUT2D eigenvalue weighted by Crippen LogP contribution is -2.39. The lowest BCUT2D eigenvalue weighted by molar-refractivity contribution is 0.0948. The van der Waals surface area contributed by atoms with Crippen molar-refractivity contribution in [3.8, 4) is 0 Å². The van der Waals surface area contributed by atoms with Crippen molar-refractivity contribution in [1.29, 1.82) is 0 Å². The summed E-state index contributed by atoms with van der Waals surface area (Å²) in [7, 11) is -3.49. The van der Waals surface area contributed by atoms with Crippen LogP contribution >= 0.6 is 0 Å². The zero-order valence-electron chi connectivity index (χ0n) is 16.8. The maximum atomic E-state index is 12.5. The van der Waals surface area contributed by atoms with Gasteiger partial charge in [0.15, 0.2) is 0 Å². The summed E-state index contributed by atoms with van der Waals surface area (Å²) < 4.78 is 26.4. The van der Waals surface area contributed by atoms with E-state index in [1.807, 2.05) is 13.8 Å². The summed E-state index contributed by atoms with van der Waals surface area (Å²) in [5, 5.41) is 2.93. The molecule has 1 aliphatic rings. The predicted molar refractivity (Wildman–Crippen MR) is 108 cm³/mol. The molecule has 7 heteroatoms. The molecule has 27 heavy (non-hydrogen) atoms. The quantitative estimate of drug-likeness (QED) is 0.653. The minimum atomic E-state index is -3.49. The van der Waals surface area contributed by atoms with Gasteiger partial charge in [-0.3, -0.25) is 4.79 Å². The van der Waals surface area contributed by atoms with E-state index in [0.29, 0.717) is 31.2 Å². The largest absolute Gasteiger partial charge is 0.352 e. The zero-order chi connectivity index (χ0) is 19.9. The van der Waals surface area contributed by atoms with Gasteiger partial charge in [0.1, 0.15) is 0 Å². The molecule has 1 unspecified atom stereocenters. The van der Waals surface area contributed by atoms with Gasteiger partial charge >= 0.3 is 0 Å². The van der Waals surface area contributed by atoms with E-state index in [1.165, 1.54) is 35.7 Å². The number of sulfonamides is 1. The molecule has 1 N–H and O–H groups in total. The molecule has 1 fully saturated rings. The Morgan fingerprint density at radius 3 is 2.44 bits per heavy atom. The minimum absolute atomic E-state index is 0.159. The highest BCUT2D eigenvalue weighted by atomic mass is 32.2. The summed E-state index contributed by atoms with van der Waals surface area (Å²) in [6.07, 6.45) is 4.76. The van der Waals surface area contributed by atoms with Crippen molar-refractivity contribution in [3.63, 3.8) is 0 Å². The van der Waals surface area contributed by atoms with Crippen LogP contribution in [0.4, 0.5) is 0 Å². The number of hydrogen-bond donors (Lipinski definition) is 1. The number of hydrogen-bond acceptors (Lipinski definition) is 4. The molecule has 1 heterocycles. The predicted octanol–water partition coefficient (Wildman–Crippen LogP) is 2.71. The second-order valence-corrected chi connectivity index (χ2v) is 9.04. The van der Waals surface area contributed by atoms with E-state index in [2.05, 4.69) is 17.1 Å². The number of nitrogens with one attached hydrogen (secondary N) is 1. The van der Waals surface area contributed by atoms with E-state index in [0.717, 1.165) is 19.5 Å². The molecule has 1 aliphatic heterocycles. The first-order chi connectivity index (χ1) is 12.9. The monoisotopic (exact) mass is 395 g/mol. The molecule has 1 saturated heterocycles. The minimum Gasteiger partial charge on any atom is -0.352 e. The normalized spacial score (nSPS) is 18.6. The van der Waals surface area contributed by atoms with Crippen LogP contribution in [0.3, 0.4) is 0 Å². The van der Waals surface area contributed by atoms with Crippen LogP contribution in [0.1, 0.15) is 56.8 Å². The van der Waals surface area contributed by atoms with E-state index in [4.69, 9.17) is 0 Å². The highest BCUT2D eigenvalue weighted by Crippen LogP contribution is 2.17. The average molecular weight is 396 g/mol. The van der Waals surface area contributed by atoms with Crippen LogP contribution in [0.2, 0.25) is 0 Å². The van der Waals surface area contributed by atoms with Crippen LogP contribution in [0, 0.1) is 0 Å². The molecule has 1 aromatic rings. The Labute approximate surface area is 164 Å². The summed E-state index contributed by atoms with van der Waals surface area (Å²) in [5.41, 5.74) is 0.486. The van der Waals surface area contributed by atoms with E-state index >= 15 is 0 Å². The van der Waals surface area contributed by atoms with Gasteiger partial charge in [-0.1, -0.05) is 20.3 Å². The van der Waals surface area contributed by atoms with Crippen molar-refractivity contribution in [2.24, 2.45) is 0 Å². The molecule has 0 aliphatic carbocycles. The van der Waals surface area contributed by atoms with Crippen LogP contribution in [0.25, 0.3) is 0 Å². The molecule has 6 nitrogen and oxygen atoms in total. The van der Waals surface area contributed by atoms with Gasteiger partial charge in [-0.2, -0.15) is 4.31 Å².